The van der Waals surface area contributed by atoms with Crippen LogP contribution in [-0.4, -0.2) is 28.6 Å². The van der Waals surface area contributed by atoms with Crippen molar-refractivity contribution in [3.63, 3.8) is 0 Å². The zero-order chi connectivity index (χ0) is 17.7. The summed E-state index contributed by atoms with van der Waals surface area (Å²) in [5.74, 6) is 0. The van der Waals surface area contributed by atoms with Crippen molar-refractivity contribution in [3.8, 4) is 0 Å². The van der Waals surface area contributed by atoms with Gasteiger partial charge in [0, 0.05) is 25.5 Å². The fourth-order valence-electron chi connectivity index (χ4n) is 3.87. The van der Waals surface area contributed by atoms with E-state index >= 15 is 0 Å². The molecule has 1 aliphatic heterocycles. The van der Waals surface area contributed by atoms with Crippen molar-refractivity contribution < 1.29 is 0 Å². The number of nitrogens with zero attached hydrogens (tertiary/aromatic N) is 2. The van der Waals surface area contributed by atoms with Crippen LogP contribution in [0.25, 0.3) is 0 Å². The summed E-state index contributed by atoms with van der Waals surface area (Å²) in [7, 11) is 0. The van der Waals surface area contributed by atoms with Crippen molar-refractivity contribution in [1.82, 2.24) is 9.80 Å². The molecule has 0 aromatic heterocycles. The van der Waals surface area contributed by atoms with E-state index in [0.717, 1.165) is 0 Å². The van der Waals surface area contributed by atoms with Gasteiger partial charge in [-0.15, -0.1) is 0 Å². The highest BCUT2D eigenvalue weighted by Crippen LogP contribution is 2.33. The van der Waals surface area contributed by atoms with Gasteiger partial charge in [0.1, 0.15) is 5.66 Å². The lowest BCUT2D eigenvalue weighted by atomic mass is 9.99. The summed E-state index contributed by atoms with van der Waals surface area (Å²) in [6.07, 6.45) is 22.4. The SMILES string of the molecule is CCCCCCN1C=CN(CCCCCC)C1(C)CCCCCC. The van der Waals surface area contributed by atoms with E-state index in [1.807, 2.05) is 0 Å². The van der Waals surface area contributed by atoms with Crippen LogP contribution in [0, 0.1) is 0 Å². The molecule has 1 rings (SSSR count). The molecule has 0 fully saturated rings. The Balaban J connectivity index is 2.52. The van der Waals surface area contributed by atoms with Gasteiger partial charge in [0.25, 0.3) is 0 Å². The van der Waals surface area contributed by atoms with Gasteiger partial charge in [-0.3, -0.25) is 0 Å². The zero-order valence-corrected chi connectivity index (χ0v) is 17.2. The van der Waals surface area contributed by atoms with E-state index in [0.29, 0.717) is 0 Å². The molecule has 0 N–H and O–H groups in total. The molecule has 0 atom stereocenters. The van der Waals surface area contributed by atoms with Crippen LogP contribution in [0.5, 0.6) is 0 Å². The Morgan fingerprint density at radius 3 is 1.42 bits per heavy atom. The molecule has 0 spiro atoms. The average Bonchev–Trinajstić information content (AvgIpc) is 2.89. The van der Waals surface area contributed by atoms with Crippen LogP contribution < -0.4 is 0 Å². The average molecular weight is 337 g/mol. The Kier molecular flexibility index (Phi) is 11.3. The highest BCUT2D eigenvalue weighted by Gasteiger charge is 2.37. The summed E-state index contributed by atoms with van der Waals surface area (Å²) < 4.78 is 0. The Hall–Kier alpha value is -0.660. The van der Waals surface area contributed by atoms with Gasteiger partial charge in [-0.1, -0.05) is 78.6 Å². The topological polar surface area (TPSA) is 6.48 Å². The number of hydrogen-bond acceptors (Lipinski definition) is 2. The standard InChI is InChI=1S/C22H44N2/c1-5-8-11-14-17-22(4)23(18-15-12-9-6-2)20-21-24(22)19-16-13-10-7-3/h20-21H,5-19H2,1-4H3. The highest BCUT2D eigenvalue weighted by molar-refractivity contribution is 5.04. The van der Waals surface area contributed by atoms with Gasteiger partial charge in [0.15, 0.2) is 0 Å². The molecule has 2 nitrogen and oxygen atoms in total. The Bertz CT molecular complexity index is 302. The maximum atomic E-state index is 2.65. The molecule has 0 aliphatic carbocycles. The molecule has 1 heterocycles. The first-order valence-corrected chi connectivity index (χ1v) is 10.9. The first kappa shape index (κ1) is 21.4. The van der Waals surface area contributed by atoms with E-state index in [9.17, 15) is 0 Å². The quantitative estimate of drug-likeness (QED) is 0.299. The van der Waals surface area contributed by atoms with Crippen LogP contribution in [0.1, 0.15) is 111 Å². The fraction of sp³-hybridized carbons (Fsp3) is 0.909. The first-order valence-electron chi connectivity index (χ1n) is 10.9. The molecule has 142 valence electrons. The lowest BCUT2D eigenvalue weighted by molar-refractivity contribution is 0.0313. The summed E-state index contributed by atoms with van der Waals surface area (Å²) in [6.45, 7) is 11.8. The monoisotopic (exact) mass is 336 g/mol. The number of unbranched alkanes of at least 4 members (excludes halogenated alkanes) is 9. The van der Waals surface area contributed by atoms with Crippen molar-refractivity contribution in [1.29, 1.82) is 0 Å². The zero-order valence-electron chi connectivity index (χ0n) is 17.2. The van der Waals surface area contributed by atoms with E-state index in [4.69, 9.17) is 0 Å². The first-order chi connectivity index (χ1) is 11.7. The lowest BCUT2D eigenvalue weighted by Crippen LogP contribution is -2.51. The summed E-state index contributed by atoms with van der Waals surface area (Å²) in [5.41, 5.74) is 0.228. The highest BCUT2D eigenvalue weighted by atomic mass is 15.4. The van der Waals surface area contributed by atoms with Crippen LogP contribution in [0.15, 0.2) is 12.4 Å². The van der Waals surface area contributed by atoms with E-state index < -0.39 is 0 Å². The molecule has 0 saturated heterocycles. The van der Waals surface area contributed by atoms with Crippen LogP contribution in [-0.2, 0) is 0 Å². The molecule has 0 unspecified atom stereocenters. The van der Waals surface area contributed by atoms with Crippen LogP contribution in [0.4, 0.5) is 0 Å². The molecule has 1 aliphatic rings. The van der Waals surface area contributed by atoms with E-state index in [-0.39, 0.29) is 5.66 Å². The molecular formula is C22H44N2. The van der Waals surface area contributed by atoms with Crippen molar-refractivity contribution in [2.75, 3.05) is 13.1 Å². The predicted octanol–water partition coefficient (Wildman–Crippen LogP) is 6.92. The predicted molar refractivity (Wildman–Crippen MR) is 108 cm³/mol. The molecule has 2 heteroatoms. The summed E-state index contributed by atoms with van der Waals surface area (Å²) in [5, 5.41) is 0. The van der Waals surface area contributed by atoms with E-state index in [1.54, 1.807) is 0 Å². The van der Waals surface area contributed by atoms with Gasteiger partial charge < -0.3 is 9.80 Å². The molecule has 0 aromatic carbocycles. The smallest absolute Gasteiger partial charge is 0.109 e. The second kappa shape index (κ2) is 12.7. The van der Waals surface area contributed by atoms with Gasteiger partial charge in [-0.05, 0) is 32.6 Å². The normalized spacial score (nSPS) is 16.3. The minimum Gasteiger partial charge on any atom is -0.354 e. The van der Waals surface area contributed by atoms with Crippen molar-refractivity contribution >= 4 is 0 Å². The van der Waals surface area contributed by atoms with Crippen LogP contribution in [0.2, 0.25) is 0 Å². The van der Waals surface area contributed by atoms with Gasteiger partial charge >= 0.3 is 0 Å². The third-order valence-electron chi connectivity index (χ3n) is 5.67. The van der Waals surface area contributed by atoms with Crippen LogP contribution in [0.3, 0.4) is 0 Å². The van der Waals surface area contributed by atoms with Gasteiger partial charge in [0.05, 0.1) is 0 Å². The maximum Gasteiger partial charge on any atom is 0.109 e. The molecule has 0 saturated carbocycles. The fourth-order valence-corrected chi connectivity index (χ4v) is 3.87. The third kappa shape index (κ3) is 7.07. The molecule has 0 bridgehead atoms. The van der Waals surface area contributed by atoms with Gasteiger partial charge in [0.2, 0.25) is 0 Å². The second-order valence-electron chi connectivity index (χ2n) is 7.83. The third-order valence-corrected chi connectivity index (χ3v) is 5.67. The molecular weight excluding hydrogens is 292 g/mol. The maximum absolute atomic E-state index is 2.65. The van der Waals surface area contributed by atoms with Crippen molar-refractivity contribution in [3.05, 3.63) is 12.4 Å². The molecule has 24 heavy (non-hydrogen) atoms. The molecule has 0 amide bonds. The Morgan fingerprint density at radius 2 is 1.00 bits per heavy atom. The Morgan fingerprint density at radius 1 is 0.583 bits per heavy atom. The van der Waals surface area contributed by atoms with E-state index in [2.05, 4.69) is 49.9 Å². The molecule has 0 aromatic rings. The molecule has 0 radical (unpaired) electrons. The van der Waals surface area contributed by atoms with Crippen molar-refractivity contribution in [2.24, 2.45) is 0 Å². The second-order valence-corrected chi connectivity index (χ2v) is 7.83. The number of rotatable bonds is 15. The Labute approximate surface area is 152 Å². The van der Waals surface area contributed by atoms with Gasteiger partial charge in [-0.2, -0.15) is 0 Å². The summed E-state index contributed by atoms with van der Waals surface area (Å²) >= 11 is 0. The summed E-state index contributed by atoms with van der Waals surface area (Å²) in [4.78, 5) is 5.29. The minimum atomic E-state index is 0.228. The lowest BCUT2D eigenvalue weighted by Gasteiger charge is -2.44. The minimum absolute atomic E-state index is 0.228. The largest absolute Gasteiger partial charge is 0.354 e. The number of hydrogen-bond donors (Lipinski definition) is 0. The van der Waals surface area contributed by atoms with Crippen LogP contribution >= 0.6 is 0 Å². The summed E-state index contributed by atoms with van der Waals surface area (Å²) in [6, 6.07) is 0. The van der Waals surface area contributed by atoms with Crippen molar-refractivity contribution in [2.45, 2.75) is 117 Å². The van der Waals surface area contributed by atoms with E-state index in [1.165, 1.54) is 96.6 Å². The van der Waals surface area contributed by atoms with Gasteiger partial charge in [-0.25, -0.2) is 0 Å².